The maximum atomic E-state index is 5.98. The van der Waals surface area contributed by atoms with E-state index in [4.69, 9.17) is 9.47 Å². The van der Waals surface area contributed by atoms with E-state index in [0.717, 1.165) is 42.9 Å². The van der Waals surface area contributed by atoms with Gasteiger partial charge >= 0.3 is 0 Å². The lowest BCUT2D eigenvalue weighted by molar-refractivity contribution is 0.339. The third-order valence-electron chi connectivity index (χ3n) is 5.71. The SMILES string of the molecule is CCOc1ccc(C(C)(CC)CCCc2cccc(Oc3ccccc3)c2)cc1. The molecule has 1 unspecified atom stereocenters. The summed E-state index contributed by atoms with van der Waals surface area (Å²) in [7, 11) is 0. The summed E-state index contributed by atoms with van der Waals surface area (Å²) in [5.41, 5.74) is 2.90. The largest absolute Gasteiger partial charge is 0.494 e. The second kappa shape index (κ2) is 10.2. The number of benzene rings is 3. The fourth-order valence-corrected chi connectivity index (χ4v) is 3.72. The van der Waals surface area contributed by atoms with Crippen LogP contribution in [0.5, 0.6) is 17.2 Å². The molecule has 0 amide bonds. The Balaban J connectivity index is 1.59. The zero-order chi connectivity index (χ0) is 20.5. The van der Waals surface area contributed by atoms with Gasteiger partial charge in [-0.2, -0.15) is 0 Å². The highest BCUT2D eigenvalue weighted by Gasteiger charge is 2.24. The van der Waals surface area contributed by atoms with Crippen molar-refractivity contribution >= 4 is 0 Å². The van der Waals surface area contributed by atoms with Gasteiger partial charge in [0.25, 0.3) is 0 Å². The number of para-hydroxylation sites is 1. The van der Waals surface area contributed by atoms with Crippen molar-refractivity contribution < 1.29 is 9.47 Å². The molecule has 3 aromatic carbocycles. The van der Waals surface area contributed by atoms with Crippen molar-refractivity contribution in [1.29, 1.82) is 0 Å². The van der Waals surface area contributed by atoms with Crippen molar-refractivity contribution in [1.82, 2.24) is 0 Å². The van der Waals surface area contributed by atoms with Crippen LogP contribution in [0.1, 0.15) is 51.2 Å². The molecule has 0 spiro atoms. The Morgan fingerprint density at radius 3 is 2.17 bits per heavy atom. The van der Waals surface area contributed by atoms with E-state index >= 15 is 0 Å². The Hall–Kier alpha value is -2.74. The minimum absolute atomic E-state index is 0.183. The number of ether oxygens (including phenoxy) is 2. The normalized spacial score (nSPS) is 12.9. The quantitative estimate of drug-likeness (QED) is 0.356. The molecular weight excluding hydrogens is 356 g/mol. The molecule has 0 aliphatic rings. The lowest BCUT2D eigenvalue weighted by atomic mass is 9.76. The summed E-state index contributed by atoms with van der Waals surface area (Å²) < 4.78 is 11.6. The van der Waals surface area contributed by atoms with Crippen molar-refractivity contribution in [3.05, 3.63) is 90.0 Å². The third kappa shape index (κ3) is 5.87. The molecule has 0 saturated carbocycles. The molecule has 2 heteroatoms. The summed E-state index contributed by atoms with van der Waals surface area (Å²) in [6.45, 7) is 7.38. The lowest BCUT2D eigenvalue weighted by Gasteiger charge is -2.29. The van der Waals surface area contributed by atoms with Gasteiger partial charge in [0.05, 0.1) is 6.61 Å². The molecule has 29 heavy (non-hydrogen) atoms. The molecule has 0 bridgehead atoms. The number of hydrogen-bond donors (Lipinski definition) is 0. The summed E-state index contributed by atoms with van der Waals surface area (Å²) in [6.07, 6.45) is 4.48. The van der Waals surface area contributed by atoms with E-state index < -0.39 is 0 Å². The molecule has 1 atom stereocenters. The standard InChI is InChI=1S/C27H32O2/c1-4-27(3,23-16-18-24(19-17-23)28-5-2)20-10-12-22-11-9-15-26(21-22)29-25-13-7-6-8-14-25/h6-9,11,13-19,21H,4-5,10,12,20H2,1-3H3. The Morgan fingerprint density at radius 1 is 0.759 bits per heavy atom. The van der Waals surface area contributed by atoms with Crippen LogP contribution in [0.4, 0.5) is 0 Å². The molecule has 0 aromatic heterocycles. The Bertz CT molecular complexity index is 871. The van der Waals surface area contributed by atoms with E-state index in [0.29, 0.717) is 6.61 Å². The van der Waals surface area contributed by atoms with Crippen molar-refractivity contribution in [2.75, 3.05) is 6.61 Å². The number of rotatable bonds is 10. The van der Waals surface area contributed by atoms with E-state index in [-0.39, 0.29) is 5.41 Å². The lowest BCUT2D eigenvalue weighted by Crippen LogP contribution is -2.21. The third-order valence-corrected chi connectivity index (χ3v) is 5.71. The van der Waals surface area contributed by atoms with Crippen LogP contribution in [-0.2, 0) is 11.8 Å². The topological polar surface area (TPSA) is 18.5 Å². The fourth-order valence-electron chi connectivity index (χ4n) is 3.72. The molecule has 0 aliphatic heterocycles. The Labute approximate surface area is 175 Å². The fraction of sp³-hybridized carbons (Fsp3) is 0.333. The van der Waals surface area contributed by atoms with Gasteiger partial charge in [0.2, 0.25) is 0 Å². The maximum absolute atomic E-state index is 5.98. The Kier molecular flexibility index (Phi) is 7.35. The molecule has 3 rings (SSSR count). The highest BCUT2D eigenvalue weighted by atomic mass is 16.5. The molecule has 152 valence electrons. The van der Waals surface area contributed by atoms with Gasteiger partial charge in [0.15, 0.2) is 0 Å². The molecule has 0 fully saturated rings. The van der Waals surface area contributed by atoms with Crippen molar-refractivity contribution in [3.8, 4) is 17.2 Å². The second-order valence-corrected chi connectivity index (χ2v) is 7.79. The minimum Gasteiger partial charge on any atom is -0.494 e. The van der Waals surface area contributed by atoms with E-state index in [1.165, 1.54) is 11.1 Å². The summed E-state index contributed by atoms with van der Waals surface area (Å²) in [6, 6.07) is 27.0. The number of aryl methyl sites for hydroxylation is 1. The monoisotopic (exact) mass is 388 g/mol. The zero-order valence-corrected chi connectivity index (χ0v) is 17.9. The first-order valence-corrected chi connectivity index (χ1v) is 10.7. The molecule has 0 saturated heterocycles. The van der Waals surface area contributed by atoms with Gasteiger partial charge in [-0.3, -0.25) is 0 Å². The van der Waals surface area contributed by atoms with E-state index in [1.54, 1.807) is 0 Å². The van der Waals surface area contributed by atoms with Gasteiger partial charge < -0.3 is 9.47 Å². The minimum atomic E-state index is 0.183. The first kappa shape index (κ1) is 21.0. The van der Waals surface area contributed by atoms with Gasteiger partial charge in [0, 0.05) is 0 Å². The summed E-state index contributed by atoms with van der Waals surface area (Å²) in [5.74, 6) is 2.72. The van der Waals surface area contributed by atoms with E-state index in [1.807, 2.05) is 43.3 Å². The van der Waals surface area contributed by atoms with Crippen LogP contribution in [-0.4, -0.2) is 6.61 Å². The maximum Gasteiger partial charge on any atom is 0.127 e. The first-order valence-electron chi connectivity index (χ1n) is 10.7. The first-order chi connectivity index (χ1) is 14.1. The second-order valence-electron chi connectivity index (χ2n) is 7.79. The van der Waals surface area contributed by atoms with E-state index in [9.17, 15) is 0 Å². The van der Waals surface area contributed by atoms with E-state index in [2.05, 4.69) is 56.3 Å². The smallest absolute Gasteiger partial charge is 0.127 e. The molecule has 0 radical (unpaired) electrons. The molecule has 0 heterocycles. The summed E-state index contributed by atoms with van der Waals surface area (Å²) in [5, 5.41) is 0. The van der Waals surface area contributed by atoms with Gasteiger partial charge in [-0.05, 0) is 85.5 Å². The summed E-state index contributed by atoms with van der Waals surface area (Å²) in [4.78, 5) is 0. The van der Waals surface area contributed by atoms with Gasteiger partial charge in [-0.15, -0.1) is 0 Å². The van der Waals surface area contributed by atoms with Crippen LogP contribution in [0.3, 0.4) is 0 Å². The van der Waals surface area contributed by atoms with Crippen LogP contribution in [0.15, 0.2) is 78.9 Å². The van der Waals surface area contributed by atoms with Gasteiger partial charge in [0.1, 0.15) is 17.2 Å². The van der Waals surface area contributed by atoms with Crippen LogP contribution in [0, 0.1) is 0 Å². The zero-order valence-electron chi connectivity index (χ0n) is 17.9. The highest BCUT2D eigenvalue weighted by Crippen LogP contribution is 2.34. The molecule has 0 N–H and O–H groups in total. The van der Waals surface area contributed by atoms with Crippen LogP contribution < -0.4 is 9.47 Å². The highest BCUT2D eigenvalue weighted by molar-refractivity contribution is 5.34. The predicted octanol–water partition coefficient (Wildman–Crippen LogP) is 7.57. The van der Waals surface area contributed by atoms with Crippen LogP contribution in [0.25, 0.3) is 0 Å². The summed E-state index contributed by atoms with van der Waals surface area (Å²) >= 11 is 0. The van der Waals surface area contributed by atoms with Gasteiger partial charge in [-0.1, -0.05) is 56.3 Å². The molecule has 0 aliphatic carbocycles. The van der Waals surface area contributed by atoms with Crippen LogP contribution >= 0.6 is 0 Å². The molecule has 2 nitrogen and oxygen atoms in total. The average Bonchev–Trinajstić information content (AvgIpc) is 2.75. The predicted molar refractivity (Wildman–Crippen MR) is 121 cm³/mol. The number of hydrogen-bond acceptors (Lipinski definition) is 2. The molecule has 3 aromatic rings. The van der Waals surface area contributed by atoms with Crippen molar-refractivity contribution in [2.24, 2.45) is 0 Å². The molecular formula is C27H32O2. The average molecular weight is 389 g/mol. The van der Waals surface area contributed by atoms with Crippen LogP contribution in [0.2, 0.25) is 0 Å². The van der Waals surface area contributed by atoms with Crippen molar-refractivity contribution in [3.63, 3.8) is 0 Å². The van der Waals surface area contributed by atoms with Crippen molar-refractivity contribution in [2.45, 2.75) is 51.9 Å². The van der Waals surface area contributed by atoms with Gasteiger partial charge in [-0.25, -0.2) is 0 Å². The Morgan fingerprint density at radius 2 is 1.48 bits per heavy atom.